The van der Waals surface area contributed by atoms with Crippen LogP contribution in [0.4, 0.5) is 0 Å². The fraction of sp³-hybridized carbons (Fsp3) is 0.316. The molecule has 0 radical (unpaired) electrons. The smallest absolute Gasteiger partial charge is 0.264 e. The molecule has 138 valence electrons. The van der Waals surface area contributed by atoms with Crippen molar-refractivity contribution in [3.05, 3.63) is 48.5 Å². The van der Waals surface area contributed by atoms with E-state index < -0.39 is 21.0 Å². The lowest BCUT2D eigenvalue weighted by Gasteiger charge is -2.21. The highest BCUT2D eigenvalue weighted by atomic mass is 32.2. The summed E-state index contributed by atoms with van der Waals surface area (Å²) in [5.74, 6) is -0.597. The third-order valence-corrected chi connectivity index (χ3v) is 6.74. The van der Waals surface area contributed by atoms with Crippen LogP contribution in [0.1, 0.15) is 19.3 Å². The first-order valence-corrected chi connectivity index (χ1v) is 9.98. The van der Waals surface area contributed by atoms with Gasteiger partial charge in [-0.05, 0) is 30.9 Å². The molecule has 6 nitrogen and oxygen atoms in total. The van der Waals surface area contributed by atoms with E-state index in [1.165, 1.54) is 7.11 Å². The minimum atomic E-state index is -4.07. The molecule has 0 aliphatic carbocycles. The maximum absolute atomic E-state index is 13.4. The average molecular weight is 375 g/mol. The summed E-state index contributed by atoms with van der Waals surface area (Å²) in [6.07, 6.45) is 1.28. The van der Waals surface area contributed by atoms with Crippen molar-refractivity contribution < 1.29 is 23.2 Å². The summed E-state index contributed by atoms with van der Waals surface area (Å²) in [6.45, 7) is 0.141. The number of hydrogen-bond acceptors (Lipinski definition) is 5. The van der Waals surface area contributed by atoms with Gasteiger partial charge >= 0.3 is 0 Å². The van der Waals surface area contributed by atoms with Crippen molar-refractivity contribution in [1.29, 1.82) is 0 Å². The summed E-state index contributed by atoms with van der Waals surface area (Å²) < 4.78 is 32.2. The third-order valence-electron chi connectivity index (χ3n) is 4.56. The molecule has 1 heterocycles. The normalized spacial score (nSPS) is 18.5. The minimum Gasteiger partial charge on any atom is -0.495 e. The number of carbonyl (C=O) groups is 1. The molecule has 0 aromatic heterocycles. The number of benzene rings is 2. The molecule has 0 bridgehead atoms. The fourth-order valence-electron chi connectivity index (χ4n) is 3.24. The zero-order chi connectivity index (χ0) is 18.7. The van der Waals surface area contributed by atoms with E-state index in [0.29, 0.717) is 29.0 Å². The van der Waals surface area contributed by atoms with E-state index in [1.807, 2.05) is 18.2 Å². The molecule has 1 atom stereocenters. The molecule has 2 aromatic rings. The Morgan fingerprint density at radius 2 is 1.81 bits per heavy atom. The summed E-state index contributed by atoms with van der Waals surface area (Å²) in [5.41, 5.74) is 1.19. The van der Waals surface area contributed by atoms with Gasteiger partial charge in [0, 0.05) is 12.1 Å². The number of amides is 1. The van der Waals surface area contributed by atoms with Gasteiger partial charge in [0.1, 0.15) is 15.9 Å². The lowest BCUT2D eigenvalue weighted by Crippen LogP contribution is -2.40. The van der Waals surface area contributed by atoms with Gasteiger partial charge in [0.25, 0.3) is 5.91 Å². The van der Waals surface area contributed by atoms with Crippen molar-refractivity contribution in [2.45, 2.75) is 29.4 Å². The molecular formula is C19H21NO5S. The predicted molar refractivity (Wildman–Crippen MR) is 96.8 cm³/mol. The van der Waals surface area contributed by atoms with Gasteiger partial charge in [0.15, 0.2) is 9.84 Å². The molecule has 1 fully saturated rings. The van der Waals surface area contributed by atoms with Gasteiger partial charge in [-0.25, -0.2) is 13.5 Å². The topological polar surface area (TPSA) is 83.9 Å². The summed E-state index contributed by atoms with van der Waals surface area (Å²) in [4.78, 5) is 12.5. The Morgan fingerprint density at radius 1 is 1.08 bits per heavy atom. The third kappa shape index (κ3) is 3.32. The van der Waals surface area contributed by atoms with Crippen molar-refractivity contribution in [3.63, 3.8) is 0 Å². The Bertz CT molecular complexity index is 895. The SMILES string of the molecule is COc1cccc(-c2ccccc2)c1S(=O)(=O)C1CCCCN(O)C1=O. The Labute approximate surface area is 152 Å². The number of hydrogen-bond donors (Lipinski definition) is 1. The molecule has 3 rings (SSSR count). The summed E-state index contributed by atoms with van der Waals surface area (Å²) >= 11 is 0. The van der Waals surface area contributed by atoms with E-state index in [9.17, 15) is 18.4 Å². The van der Waals surface area contributed by atoms with Crippen molar-refractivity contribution in [2.75, 3.05) is 13.7 Å². The van der Waals surface area contributed by atoms with E-state index in [-0.39, 0.29) is 23.6 Å². The summed E-state index contributed by atoms with van der Waals surface area (Å²) in [5, 5.41) is 9.03. The van der Waals surface area contributed by atoms with Crippen LogP contribution in [0, 0.1) is 0 Å². The second-order valence-corrected chi connectivity index (χ2v) is 8.26. The molecule has 1 amide bonds. The molecule has 1 saturated heterocycles. The van der Waals surface area contributed by atoms with Gasteiger partial charge < -0.3 is 4.74 Å². The number of carbonyl (C=O) groups excluding carboxylic acids is 1. The maximum Gasteiger partial charge on any atom is 0.264 e. The van der Waals surface area contributed by atoms with Gasteiger partial charge in [-0.15, -0.1) is 0 Å². The number of nitrogens with zero attached hydrogens (tertiary/aromatic N) is 1. The van der Waals surface area contributed by atoms with Crippen LogP contribution < -0.4 is 4.74 Å². The van der Waals surface area contributed by atoms with Crippen molar-refractivity contribution in [1.82, 2.24) is 5.06 Å². The zero-order valence-corrected chi connectivity index (χ0v) is 15.3. The number of ether oxygens (including phenoxy) is 1. The lowest BCUT2D eigenvalue weighted by atomic mass is 10.1. The molecule has 0 spiro atoms. The van der Waals surface area contributed by atoms with Crippen LogP contribution in [-0.2, 0) is 14.6 Å². The molecule has 1 unspecified atom stereocenters. The zero-order valence-electron chi connectivity index (χ0n) is 14.5. The largest absolute Gasteiger partial charge is 0.495 e. The molecular weight excluding hydrogens is 354 g/mol. The lowest BCUT2D eigenvalue weighted by molar-refractivity contribution is -0.163. The molecule has 7 heteroatoms. The molecule has 26 heavy (non-hydrogen) atoms. The number of hydroxylamine groups is 2. The Kier molecular flexibility index (Phi) is 5.29. The molecule has 1 N–H and O–H groups in total. The highest BCUT2D eigenvalue weighted by Gasteiger charge is 2.40. The van der Waals surface area contributed by atoms with Gasteiger partial charge in [0.2, 0.25) is 0 Å². The van der Waals surface area contributed by atoms with E-state index in [2.05, 4.69) is 0 Å². The van der Waals surface area contributed by atoms with Crippen LogP contribution in [0.15, 0.2) is 53.4 Å². The minimum absolute atomic E-state index is 0.0117. The molecule has 2 aromatic carbocycles. The first-order chi connectivity index (χ1) is 12.5. The quantitative estimate of drug-likeness (QED) is 0.831. The number of rotatable bonds is 4. The standard InChI is InChI=1S/C19H21NO5S/c1-25-16-11-7-10-15(14-8-3-2-4-9-14)18(16)26(23,24)17-12-5-6-13-20(22)19(17)21/h2-4,7-11,17,22H,5-6,12-13H2,1H3. The van der Waals surface area contributed by atoms with E-state index in [1.54, 1.807) is 30.3 Å². The average Bonchev–Trinajstić information content (AvgIpc) is 2.83. The molecule has 1 aliphatic rings. The van der Waals surface area contributed by atoms with Crippen molar-refractivity contribution in [2.24, 2.45) is 0 Å². The van der Waals surface area contributed by atoms with Gasteiger partial charge in [-0.1, -0.05) is 42.5 Å². The van der Waals surface area contributed by atoms with E-state index in [4.69, 9.17) is 4.74 Å². The van der Waals surface area contributed by atoms with Gasteiger partial charge in [-0.3, -0.25) is 10.0 Å². The van der Waals surface area contributed by atoms with Crippen LogP contribution in [0.25, 0.3) is 11.1 Å². The summed E-state index contributed by atoms with van der Waals surface area (Å²) in [6, 6.07) is 14.1. The van der Waals surface area contributed by atoms with Crippen molar-refractivity contribution in [3.8, 4) is 16.9 Å². The predicted octanol–water partition coefficient (Wildman–Crippen LogP) is 2.91. The van der Waals surface area contributed by atoms with Gasteiger partial charge in [-0.2, -0.15) is 0 Å². The monoisotopic (exact) mass is 375 g/mol. The Morgan fingerprint density at radius 3 is 2.50 bits per heavy atom. The Hall–Kier alpha value is -2.38. The van der Waals surface area contributed by atoms with E-state index >= 15 is 0 Å². The highest BCUT2D eigenvalue weighted by molar-refractivity contribution is 7.93. The Balaban J connectivity index is 2.20. The van der Waals surface area contributed by atoms with Crippen LogP contribution in [0.5, 0.6) is 5.75 Å². The van der Waals surface area contributed by atoms with Crippen LogP contribution in [-0.4, -0.2) is 43.5 Å². The maximum atomic E-state index is 13.4. The highest BCUT2D eigenvalue weighted by Crippen LogP contribution is 2.38. The molecule has 0 saturated carbocycles. The van der Waals surface area contributed by atoms with E-state index in [0.717, 1.165) is 0 Å². The number of methoxy groups -OCH3 is 1. The second-order valence-electron chi connectivity index (χ2n) is 6.19. The first-order valence-electron chi connectivity index (χ1n) is 8.43. The molecule has 1 aliphatic heterocycles. The fourth-order valence-corrected chi connectivity index (χ4v) is 5.31. The summed E-state index contributed by atoms with van der Waals surface area (Å²) in [7, 11) is -2.67. The first kappa shape index (κ1) is 18.4. The number of sulfone groups is 1. The van der Waals surface area contributed by atoms with Gasteiger partial charge in [0.05, 0.1) is 7.11 Å². The van der Waals surface area contributed by atoms with Crippen LogP contribution >= 0.6 is 0 Å². The van der Waals surface area contributed by atoms with Crippen LogP contribution in [0.2, 0.25) is 0 Å². The van der Waals surface area contributed by atoms with Crippen molar-refractivity contribution >= 4 is 15.7 Å². The second kappa shape index (κ2) is 7.47. The van der Waals surface area contributed by atoms with Crippen LogP contribution in [0.3, 0.4) is 0 Å².